The van der Waals surface area contributed by atoms with Gasteiger partial charge in [-0.25, -0.2) is 15.0 Å². The van der Waals surface area contributed by atoms with Crippen LogP contribution in [0.4, 0.5) is 0 Å². The molecule has 0 aliphatic heterocycles. The van der Waals surface area contributed by atoms with Gasteiger partial charge in [0.1, 0.15) is 22.3 Å². The highest BCUT2D eigenvalue weighted by molar-refractivity contribution is 6.22. The number of nitrogens with zero attached hydrogens (tertiary/aromatic N) is 3. The van der Waals surface area contributed by atoms with E-state index in [0.29, 0.717) is 17.5 Å². The lowest BCUT2D eigenvalue weighted by atomic mass is 9.92. The second-order valence-electron chi connectivity index (χ2n) is 13.6. The third-order valence-corrected chi connectivity index (χ3v) is 10.3. The summed E-state index contributed by atoms with van der Waals surface area (Å²) in [6, 6.07) is 60.4. The largest absolute Gasteiger partial charge is 0.456 e. The molecule has 252 valence electrons. The summed E-state index contributed by atoms with van der Waals surface area (Å²) in [7, 11) is 0. The van der Waals surface area contributed by atoms with Crippen molar-refractivity contribution in [2.24, 2.45) is 0 Å². The fraction of sp³-hybridized carbons (Fsp3) is 0. The average Bonchev–Trinajstić information content (AvgIpc) is 3.82. The minimum Gasteiger partial charge on any atom is -0.456 e. The molecular weight excluding hydrogens is 663 g/mol. The molecule has 3 aromatic heterocycles. The molecule has 0 saturated heterocycles. The zero-order valence-corrected chi connectivity index (χ0v) is 28.9. The van der Waals surface area contributed by atoms with Crippen molar-refractivity contribution < 1.29 is 8.83 Å². The Morgan fingerprint density at radius 3 is 1.67 bits per heavy atom. The van der Waals surface area contributed by atoms with Gasteiger partial charge in [0.2, 0.25) is 0 Å². The van der Waals surface area contributed by atoms with Crippen molar-refractivity contribution in [3.05, 3.63) is 176 Å². The summed E-state index contributed by atoms with van der Waals surface area (Å²) < 4.78 is 12.8. The van der Waals surface area contributed by atoms with Gasteiger partial charge in [-0.2, -0.15) is 0 Å². The van der Waals surface area contributed by atoms with Crippen LogP contribution < -0.4 is 0 Å². The van der Waals surface area contributed by atoms with E-state index in [9.17, 15) is 0 Å². The Morgan fingerprint density at radius 1 is 0.296 bits per heavy atom. The Hall–Kier alpha value is -7.37. The summed E-state index contributed by atoms with van der Waals surface area (Å²) in [6.45, 7) is 0. The SMILES string of the molecule is c1ccc(-c2nc(-c3cccc(-c4cc5c(oc6cccc(-c7ccccc7)c65)c5ccccc45)c3)nc(-c3ccc4oc5ccccc5c4c3)n2)cc1. The first-order valence-corrected chi connectivity index (χ1v) is 18.0. The smallest absolute Gasteiger partial charge is 0.164 e. The topological polar surface area (TPSA) is 65.0 Å². The van der Waals surface area contributed by atoms with Crippen LogP contribution in [0, 0.1) is 0 Å². The van der Waals surface area contributed by atoms with Gasteiger partial charge in [0, 0.05) is 43.6 Å². The van der Waals surface area contributed by atoms with Crippen molar-refractivity contribution in [2.45, 2.75) is 0 Å². The maximum atomic E-state index is 6.63. The Morgan fingerprint density at radius 2 is 0.870 bits per heavy atom. The van der Waals surface area contributed by atoms with Gasteiger partial charge in [0.05, 0.1) is 0 Å². The molecule has 0 saturated carbocycles. The molecule has 0 atom stereocenters. The molecule has 5 heteroatoms. The molecule has 8 aromatic carbocycles. The van der Waals surface area contributed by atoms with E-state index in [4.69, 9.17) is 23.8 Å². The molecule has 0 aliphatic rings. The molecule has 11 aromatic rings. The fourth-order valence-electron chi connectivity index (χ4n) is 7.79. The molecule has 0 radical (unpaired) electrons. The first kappa shape index (κ1) is 30.3. The van der Waals surface area contributed by atoms with Gasteiger partial charge in [-0.3, -0.25) is 0 Å². The second kappa shape index (κ2) is 12.1. The zero-order chi connectivity index (χ0) is 35.6. The highest BCUT2D eigenvalue weighted by Crippen LogP contribution is 2.43. The van der Waals surface area contributed by atoms with Gasteiger partial charge in [0.25, 0.3) is 0 Å². The van der Waals surface area contributed by atoms with Gasteiger partial charge in [-0.1, -0.05) is 133 Å². The summed E-state index contributed by atoms with van der Waals surface area (Å²) in [5.74, 6) is 1.81. The average molecular weight is 692 g/mol. The number of hydrogen-bond donors (Lipinski definition) is 0. The molecule has 0 aliphatic carbocycles. The highest BCUT2D eigenvalue weighted by Gasteiger charge is 2.19. The highest BCUT2D eigenvalue weighted by atomic mass is 16.3. The van der Waals surface area contributed by atoms with Crippen LogP contribution in [0.1, 0.15) is 0 Å². The molecule has 54 heavy (non-hydrogen) atoms. The molecule has 0 N–H and O–H groups in total. The number of aromatic nitrogens is 3. The van der Waals surface area contributed by atoms with Crippen LogP contribution in [-0.4, -0.2) is 15.0 Å². The van der Waals surface area contributed by atoms with E-state index in [1.54, 1.807) is 0 Å². The number of benzene rings is 8. The van der Waals surface area contributed by atoms with E-state index in [-0.39, 0.29) is 0 Å². The van der Waals surface area contributed by atoms with E-state index < -0.39 is 0 Å². The molecule has 0 spiro atoms. The van der Waals surface area contributed by atoms with Crippen molar-refractivity contribution in [3.63, 3.8) is 0 Å². The van der Waals surface area contributed by atoms with E-state index in [2.05, 4.69) is 109 Å². The maximum absolute atomic E-state index is 6.63. The molecule has 3 heterocycles. The lowest BCUT2D eigenvalue weighted by molar-refractivity contribution is 0.669. The van der Waals surface area contributed by atoms with Crippen LogP contribution in [-0.2, 0) is 0 Å². The van der Waals surface area contributed by atoms with Crippen LogP contribution >= 0.6 is 0 Å². The molecule has 0 amide bonds. The molecule has 0 fully saturated rings. The minimum absolute atomic E-state index is 0.599. The second-order valence-corrected chi connectivity index (χ2v) is 13.6. The lowest BCUT2D eigenvalue weighted by Gasteiger charge is -2.12. The number of para-hydroxylation sites is 1. The summed E-state index contributed by atoms with van der Waals surface area (Å²) in [5, 5.41) is 6.47. The number of fused-ring (bicyclic) bond motifs is 8. The van der Waals surface area contributed by atoms with Crippen molar-refractivity contribution in [3.8, 4) is 56.4 Å². The molecular formula is C49H29N3O2. The van der Waals surface area contributed by atoms with Gasteiger partial charge in [0.15, 0.2) is 17.5 Å². The predicted molar refractivity (Wildman–Crippen MR) is 219 cm³/mol. The minimum atomic E-state index is 0.599. The quantitative estimate of drug-likeness (QED) is 0.180. The molecule has 11 rings (SSSR count). The van der Waals surface area contributed by atoms with Crippen molar-refractivity contribution >= 4 is 54.6 Å². The van der Waals surface area contributed by atoms with Crippen LogP contribution in [0.15, 0.2) is 185 Å². The number of furan rings is 2. The third-order valence-electron chi connectivity index (χ3n) is 10.3. The Labute approximate surface area is 309 Å². The normalized spacial score (nSPS) is 11.7. The van der Waals surface area contributed by atoms with E-state index in [1.807, 2.05) is 66.7 Å². The first-order valence-electron chi connectivity index (χ1n) is 18.0. The Balaban J connectivity index is 1.11. The maximum Gasteiger partial charge on any atom is 0.164 e. The molecule has 0 bridgehead atoms. The zero-order valence-electron chi connectivity index (χ0n) is 28.9. The van der Waals surface area contributed by atoms with Crippen molar-refractivity contribution in [1.29, 1.82) is 0 Å². The summed E-state index contributed by atoms with van der Waals surface area (Å²) >= 11 is 0. The lowest BCUT2D eigenvalue weighted by Crippen LogP contribution is -2.00. The predicted octanol–water partition coefficient (Wildman–Crippen LogP) is 13.2. The first-order chi connectivity index (χ1) is 26.7. The summed E-state index contributed by atoms with van der Waals surface area (Å²) in [6.07, 6.45) is 0. The van der Waals surface area contributed by atoms with Crippen LogP contribution in [0.3, 0.4) is 0 Å². The fourth-order valence-corrected chi connectivity index (χ4v) is 7.79. The monoisotopic (exact) mass is 691 g/mol. The third kappa shape index (κ3) is 4.90. The van der Waals surface area contributed by atoms with E-state index >= 15 is 0 Å². The van der Waals surface area contributed by atoms with Gasteiger partial charge in [-0.05, 0) is 70.1 Å². The van der Waals surface area contributed by atoms with E-state index in [1.165, 1.54) is 0 Å². The van der Waals surface area contributed by atoms with Gasteiger partial charge < -0.3 is 8.83 Å². The number of rotatable bonds is 5. The Bertz CT molecular complexity index is 3220. The van der Waals surface area contributed by atoms with Crippen molar-refractivity contribution in [1.82, 2.24) is 15.0 Å². The molecule has 5 nitrogen and oxygen atoms in total. The summed E-state index contributed by atoms with van der Waals surface area (Å²) in [5.41, 5.74) is 10.6. The van der Waals surface area contributed by atoms with E-state index in [0.717, 1.165) is 93.6 Å². The summed E-state index contributed by atoms with van der Waals surface area (Å²) in [4.78, 5) is 15.2. The van der Waals surface area contributed by atoms with Crippen LogP contribution in [0.5, 0.6) is 0 Å². The van der Waals surface area contributed by atoms with Crippen LogP contribution in [0.2, 0.25) is 0 Å². The standard InChI is InChI=1S/C49H29N3O2/c1-3-13-30(14-4-1)35-22-12-24-44-45(35)41-29-39(36-19-7-8-21-38(36)46(41)54-44)32-17-11-18-33(27-32)48-50-47(31-15-5-2-6-16-31)51-49(52-48)34-25-26-43-40(28-34)37-20-9-10-23-42(37)53-43/h1-29H. The van der Waals surface area contributed by atoms with Gasteiger partial charge >= 0.3 is 0 Å². The van der Waals surface area contributed by atoms with Crippen LogP contribution in [0.25, 0.3) is 111 Å². The van der Waals surface area contributed by atoms with Gasteiger partial charge in [-0.15, -0.1) is 0 Å². The van der Waals surface area contributed by atoms with Crippen molar-refractivity contribution in [2.75, 3.05) is 0 Å². The number of hydrogen-bond acceptors (Lipinski definition) is 5. The Kier molecular flexibility index (Phi) is 6.79. The molecule has 0 unspecified atom stereocenters.